The lowest BCUT2D eigenvalue weighted by Crippen LogP contribution is -2.27. The second-order valence-electron chi connectivity index (χ2n) is 2.98. The van der Waals surface area contributed by atoms with Gasteiger partial charge in [0.25, 0.3) is 0 Å². The van der Waals surface area contributed by atoms with Crippen LogP contribution in [0.5, 0.6) is 5.75 Å². The van der Waals surface area contributed by atoms with Crippen molar-refractivity contribution < 1.29 is 19.4 Å². The molecule has 0 fully saturated rings. The lowest BCUT2D eigenvalue weighted by molar-refractivity contribution is -0.258. The summed E-state index contributed by atoms with van der Waals surface area (Å²) in [6.45, 7) is 3.57. The fourth-order valence-electron chi connectivity index (χ4n) is 0.794. The topological polar surface area (TPSA) is 47.9 Å². The molecule has 4 nitrogen and oxygen atoms in total. The van der Waals surface area contributed by atoms with Crippen molar-refractivity contribution in [3.05, 3.63) is 30.3 Å². The fraction of sp³-hybridized carbons (Fsp3) is 0.333. The molecule has 1 aromatic carbocycles. The summed E-state index contributed by atoms with van der Waals surface area (Å²) in [7, 11) is -1.40. The Morgan fingerprint density at radius 3 is 2.43 bits per heavy atom. The zero-order chi connectivity index (χ0) is 10.4. The summed E-state index contributed by atoms with van der Waals surface area (Å²) in [5.74, 6) is 0.521. The highest BCUT2D eigenvalue weighted by atomic mass is 17.2. The largest absolute Gasteiger partial charge is 0.739 e. The highest BCUT2D eigenvalue weighted by molar-refractivity contribution is 6.35. The highest BCUT2D eigenvalue weighted by Gasteiger charge is 2.20. The van der Waals surface area contributed by atoms with Gasteiger partial charge in [-0.1, -0.05) is 18.2 Å². The monoisotopic (exact) mass is 196 g/mol. The molecule has 5 heteroatoms. The van der Waals surface area contributed by atoms with Crippen LogP contribution in [-0.2, 0) is 9.69 Å². The van der Waals surface area contributed by atoms with Crippen LogP contribution in [0.15, 0.2) is 30.3 Å². The van der Waals surface area contributed by atoms with E-state index in [9.17, 15) is 5.02 Å². The molecule has 1 rings (SSSR count). The third-order valence-electron chi connectivity index (χ3n) is 1.31. The first-order chi connectivity index (χ1) is 6.68. The first-order valence-corrected chi connectivity index (χ1v) is 4.40. The smallest absolute Gasteiger partial charge is 0.511 e. The summed E-state index contributed by atoms with van der Waals surface area (Å²) >= 11 is 0. The molecule has 0 aliphatic carbocycles. The van der Waals surface area contributed by atoms with E-state index in [1.807, 2.05) is 6.07 Å². The maximum atomic E-state index is 9.18. The molecule has 0 spiro atoms. The van der Waals surface area contributed by atoms with Gasteiger partial charge in [-0.2, -0.15) is 0 Å². The van der Waals surface area contributed by atoms with Crippen LogP contribution in [0, 0.1) is 0 Å². The summed E-state index contributed by atoms with van der Waals surface area (Å²) in [6.07, 6.45) is -0.121. The number of hydrogen-bond acceptors (Lipinski definition) is 4. The van der Waals surface area contributed by atoms with Gasteiger partial charge >= 0.3 is 7.32 Å². The Kier molecular flexibility index (Phi) is 4.45. The molecule has 0 aliphatic heterocycles. The van der Waals surface area contributed by atoms with E-state index in [-0.39, 0.29) is 6.10 Å². The minimum atomic E-state index is -1.40. The molecule has 0 heterocycles. The van der Waals surface area contributed by atoms with E-state index in [1.54, 1.807) is 38.1 Å². The third kappa shape index (κ3) is 4.27. The minimum Gasteiger partial charge on any atom is -0.511 e. The summed E-state index contributed by atoms with van der Waals surface area (Å²) < 4.78 is 4.97. The van der Waals surface area contributed by atoms with E-state index in [4.69, 9.17) is 9.54 Å². The van der Waals surface area contributed by atoms with Crippen molar-refractivity contribution in [2.24, 2.45) is 0 Å². The van der Waals surface area contributed by atoms with Crippen LogP contribution >= 0.6 is 0 Å². The van der Waals surface area contributed by atoms with E-state index < -0.39 is 7.32 Å². The molecule has 0 saturated heterocycles. The van der Waals surface area contributed by atoms with Gasteiger partial charge in [-0.05, 0) is 26.0 Å². The van der Waals surface area contributed by atoms with Crippen LogP contribution in [0.1, 0.15) is 13.8 Å². The molecule has 0 radical (unpaired) electrons. The van der Waals surface area contributed by atoms with Crippen molar-refractivity contribution in [1.29, 1.82) is 0 Å². The minimum absolute atomic E-state index is 0.121. The van der Waals surface area contributed by atoms with E-state index >= 15 is 0 Å². The zero-order valence-corrected chi connectivity index (χ0v) is 8.21. The van der Waals surface area contributed by atoms with E-state index in [1.165, 1.54) is 0 Å². The number of para-hydroxylation sites is 1. The first-order valence-electron chi connectivity index (χ1n) is 4.40. The van der Waals surface area contributed by atoms with Gasteiger partial charge in [-0.25, -0.2) is 9.69 Å². The molecule has 0 unspecified atom stereocenters. The Labute approximate surface area is 83.5 Å². The Morgan fingerprint density at radius 1 is 1.21 bits per heavy atom. The SMILES string of the molecule is CC(C)OOB(O)Oc1ccccc1. The van der Waals surface area contributed by atoms with E-state index in [0.717, 1.165) is 0 Å². The van der Waals surface area contributed by atoms with Gasteiger partial charge in [-0.15, -0.1) is 0 Å². The standard InChI is InChI=1S/C9H13BO4/c1-8(2)13-14-10(11)12-9-6-4-3-5-7-9/h3-8,11H,1-2H3. The molecule has 0 aromatic heterocycles. The Balaban J connectivity index is 2.30. The molecule has 0 amide bonds. The average molecular weight is 196 g/mol. The van der Waals surface area contributed by atoms with Gasteiger partial charge in [0.1, 0.15) is 5.75 Å². The molecule has 1 aromatic rings. The second kappa shape index (κ2) is 5.64. The molecule has 0 bridgehead atoms. The van der Waals surface area contributed by atoms with Crippen molar-refractivity contribution in [1.82, 2.24) is 0 Å². The molecular formula is C9H13BO4. The van der Waals surface area contributed by atoms with Crippen molar-refractivity contribution in [2.75, 3.05) is 0 Å². The summed E-state index contributed by atoms with van der Waals surface area (Å²) in [5.41, 5.74) is 0. The average Bonchev–Trinajstić information content (AvgIpc) is 2.16. The second-order valence-corrected chi connectivity index (χ2v) is 2.98. The van der Waals surface area contributed by atoms with Gasteiger partial charge in [-0.3, -0.25) is 0 Å². The lowest BCUT2D eigenvalue weighted by Gasteiger charge is -2.10. The molecule has 76 valence electrons. The molecular weight excluding hydrogens is 183 g/mol. The van der Waals surface area contributed by atoms with E-state index in [2.05, 4.69) is 4.81 Å². The first kappa shape index (κ1) is 11.0. The molecule has 0 saturated carbocycles. The maximum Gasteiger partial charge on any atom is 0.739 e. The predicted octanol–water partition coefficient (Wildman–Crippen LogP) is 1.40. The number of hydrogen-bond donors (Lipinski definition) is 1. The summed E-state index contributed by atoms with van der Waals surface area (Å²) in [6, 6.07) is 8.87. The quantitative estimate of drug-likeness (QED) is 0.439. The number of benzene rings is 1. The Hall–Kier alpha value is -1.04. The molecule has 14 heavy (non-hydrogen) atoms. The van der Waals surface area contributed by atoms with Crippen LogP contribution in [0.2, 0.25) is 0 Å². The highest BCUT2D eigenvalue weighted by Crippen LogP contribution is 2.09. The third-order valence-corrected chi connectivity index (χ3v) is 1.31. The van der Waals surface area contributed by atoms with Gasteiger partial charge in [0.05, 0.1) is 6.10 Å². The fourth-order valence-corrected chi connectivity index (χ4v) is 0.794. The van der Waals surface area contributed by atoms with Crippen molar-refractivity contribution >= 4 is 7.32 Å². The Morgan fingerprint density at radius 2 is 1.86 bits per heavy atom. The molecule has 0 atom stereocenters. The van der Waals surface area contributed by atoms with Crippen LogP contribution in [0.25, 0.3) is 0 Å². The van der Waals surface area contributed by atoms with Crippen LogP contribution in [0.3, 0.4) is 0 Å². The predicted molar refractivity (Wildman–Crippen MR) is 52.3 cm³/mol. The zero-order valence-electron chi connectivity index (χ0n) is 8.21. The molecule has 1 N–H and O–H groups in total. The van der Waals surface area contributed by atoms with Crippen molar-refractivity contribution in [3.63, 3.8) is 0 Å². The normalized spacial score (nSPS) is 10.3. The molecule has 0 aliphatic rings. The summed E-state index contributed by atoms with van der Waals surface area (Å²) in [4.78, 5) is 9.24. The van der Waals surface area contributed by atoms with Crippen LogP contribution < -0.4 is 4.65 Å². The van der Waals surface area contributed by atoms with Crippen molar-refractivity contribution in [3.8, 4) is 5.75 Å². The van der Waals surface area contributed by atoms with Gasteiger partial charge in [0.2, 0.25) is 0 Å². The van der Waals surface area contributed by atoms with Crippen LogP contribution in [-0.4, -0.2) is 18.4 Å². The van der Waals surface area contributed by atoms with Gasteiger partial charge in [0.15, 0.2) is 0 Å². The van der Waals surface area contributed by atoms with Gasteiger partial charge < -0.3 is 9.68 Å². The number of rotatable bonds is 5. The Bertz CT molecular complexity index is 252. The maximum absolute atomic E-state index is 9.18. The van der Waals surface area contributed by atoms with Crippen molar-refractivity contribution in [2.45, 2.75) is 20.0 Å². The van der Waals surface area contributed by atoms with Crippen LogP contribution in [0.4, 0.5) is 0 Å². The van der Waals surface area contributed by atoms with Gasteiger partial charge in [0, 0.05) is 0 Å². The van der Waals surface area contributed by atoms with E-state index in [0.29, 0.717) is 5.75 Å². The lowest BCUT2D eigenvalue weighted by atomic mass is 10.2. The summed E-state index contributed by atoms with van der Waals surface area (Å²) in [5, 5.41) is 9.18.